The molecule has 2 aromatic carbocycles. The maximum absolute atomic E-state index is 13.2. The fourth-order valence-electron chi connectivity index (χ4n) is 3.40. The predicted octanol–water partition coefficient (Wildman–Crippen LogP) is 7.37. The minimum absolute atomic E-state index is 0.0364. The Hall–Kier alpha value is -2.82. The summed E-state index contributed by atoms with van der Waals surface area (Å²) in [6.45, 7) is -2.73. The van der Waals surface area contributed by atoms with Crippen molar-refractivity contribution in [3.05, 3.63) is 87.1 Å². The molecule has 0 spiro atoms. The highest BCUT2D eigenvalue weighted by atomic mass is 35.5. The molecule has 1 aromatic heterocycles. The molecule has 0 aliphatic heterocycles. The second-order valence-corrected chi connectivity index (χ2v) is 10.1. The average molecular weight is 574 g/mol. The van der Waals surface area contributed by atoms with E-state index in [1.54, 1.807) is 0 Å². The van der Waals surface area contributed by atoms with Gasteiger partial charge in [0.2, 0.25) is 0 Å². The summed E-state index contributed by atoms with van der Waals surface area (Å²) in [5.41, 5.74) is 0.736. The Kier molecular flexibility index (Phi) is 8.94. The van der Waals surface area contributed by atoms with Gasteiger partial charge in [0.15, 0.2) is 23.9 Å². The van der Waals surface area contributed by atoms with Crippen LogP contribution in [0.15, 0.2) is 59.8 Å². The van der Waals surface area contributed by atoms with E-state index in [2.05, 4.69) is 4.74 Å². The Morgan fingerprint density at radius 2 is 1.76 bits per heavy atom. The lowest BCUT2D eigenvalue weighted by Crippen LogP contribution is -2.25. The number of aromatic nitrogens is 1. The molecule has 3 aromatic rings. The number of rotatable bonds is 10. The predicted molar refractivity (Wildman–Crippen MR) is 132 cm³/mol. The van der Waals surface area contributed by atoms with Gasteiger partial charge in [0, 0.05) is 16.9 Å². The first-order valence-electron chi connectivity index (χ1n) is 11.1. The number of pyridine rings is 1. The molecule has 1 aliphatic rings. The van der Waals surface area contributed by atoms with Crippen LogP contribution in [0.25, 0.3) is 0 Å². The lowest BCUT2D eigenvalue weighted by Gasteiger charge is -2.21. The zero-order valence-corrected chi connectivity index (χ0v) is 21.4. The molecule has 1 unspecified atom stereocenters. The van der Waals surface area contributed by atoms with Crippen LogP contribution in [0, 0.1) is 16.9 Å². The number of ether oxygens (including phenoxy) is 3. The number of carbonyl (C=O) groups is 1. The summed E-state index contributed by atoms with van der Waals surface area (Å²) in [7, 11) is 0. The Balaban J connectivity index is 1.64. The van der Waals surface area contributed by atoms with Crippen molar-refractivity contribution < 1.29 is 36.9 Å². The summed E-state index contributed by atoms with van der Waals surface area (Å²) >= 11 is 13.2. The van der Waals surface area contributed by atoms with Gasteiger partial charge in [-0.1, -0.05) is 29.3 Å². The Bertz CT molecular complexity index is 1240. The van der Waals surface area contributed by atoms with E-state index in [-0.39, 0.29) is 28.0 Å². The number of hydrogen-bond donors (Lipinski definition) is 0. The first kappa shape index (κ1) is 27.2. The van der Waals surface area contributed by atoms with Gasteiger partial charge in [-0.2, -0.15) is 13.5 Å². The van der Waals surface area contributed by atoms with Crippen molar-refractivity contribution in [1.82, 2.24) is 0 Å². The van der Waals surface area contributed by atoms with Crippen LogP contribution in [0.3, 0.4) is 0 Å². The van der Waals surface area contributed by atoms with Gasteiger partial charge in [0.25, 0.3) is 0 Å². The molecule has 37 heavy (non-hydrogen) atoms. The number of nitrogens with zero attached hydrogens (tertiary/aromatic N) is 1. The molecule has 12 heteroatoms. The third-order valence-corrected chi connectivity index (χ3v) is 6.85. The quantitative estimate of drug-likeness (QED) is 0.109. The van der Waals surface area contributed by atoms with E-state index in [0.29, 0.717) is 33.3 Å². The molecule has 1 aliphatic carbocycles. The van der Waals surface area contributed by atoms with Gasteiger partial charge in [-0.05, 0) is 72.5 Å². The van der Waals surface area contributed by atoms with Crippen molar-refractivity contribution in [3.63, 3.8) is 0 Å². The van der Waals surface area contributed by atoms with Gasteiger partial charge in [-0.3, -0.25) is 0 Å². The van der Waals surface area contributed by atoms with E-state index >= 15 is 0 Å². The van der Waals surface area contributed by atoms with Gasteiger partial charge in [-0.25, -0.2) is 9.18 Å². The summed E-state index contributed by atoms with van der Waals surface area (Å²) in [5, 5.41) is 11.1. The molecule has 0 saturated heterocycles. The van der Waals surface area contributed by atoms with Gasteiger partial charge in [0.1, 0.15) is 22.0 Å². The van der Waals surface area contributed by atoms with Gasteiger partial charge in [0.05, 0.1) is 6.61 Å². The topological polar surface area (TPSA) is 71.7 Å². The smallest absolute Gasteiger partial charge is 0.387 e. The molecule has 0 bridgehead atoms. The molecular formula is C25H20Cl2F3NO5S. The summed E-state index contributed by atoms with van der Waals surface area (Å²) in [5.74, 6) is -0.207. The highest BCUT2D eigenvalue weighted by molar-refractivity contribution is 8.13. The number of carbonyl (C=O) groups excluding carboxylic acids is 1. The minimum Gasteiger partial charge on any atom is -0.619 e. The Labute approximate surface area is 224 Å². The van der Waals surface area contributed by atoms with Crippen molar-refractivity contribution in [2.45, 2.75) is 36.9 Å². The number of alkyl halides is 2. The van der Waals surface area contributed by atoms with Crippen LogP contribution in [0.4, 0.5) is 18.0 Å². The van der Waals surface area contributed by atoms with Crippen molar-refractivity contribution in [2.24, 2.45) is 5.92 Å². The van der Waals surface area contributed by atoms with E-state index in [1.165, 1.54) is 42.5 Å². The maximum atomic E-state index is 13.2. The molecule has 196 valence electrons. The van der Waals surface area contributed by atoms with Gasteiger partial charge >= 0.3 is 11.9 Å². The lowest BCUT2D eigenvalue weighted by molar-refractivity contribution is -0.605. The minimum atomic E-state index is -3.06. The molecule has 1 saturated carbocycles. The van der Waals surface area contributed by atoms with E-state index in [9.17, 15) is 23.2 Å². The fourth-order valence-corrected chi connectivity index (χ4v) is 4.63. The van der Waals surface area contributed by atoms with Crippen LogP contribution in [0.5, 0.6) is 11.5 Å². The van der Waals surface area contributed by atoms with Crippen LogP contribution in [0.2, 0.25) is 10.0 Å². The van der Waals surface area contributed by atoms with Gasteiger partial charge < -0.3 is 19.4 Å². The first-order valence-corrected chi connectivity index (χ1v) is 12.7. The number of hydrogen-bond acceptors (Lipinski definition) is 6. The van der Waals surface area contributed by atoms with Crippen LogP contribution in [0.1, 0.15) is 30.1 Å². The van der Waals surface area contributed by atoms with Crippen LogP contribution in [-0.2, 0) is 11.2 Å². The molecule has 6 nitrogen and oxygen atoms in total. The molecule has 1 heterocycles. The molecular weight excluding hydrogens is 554 g/mol. The number of halogens is 5. The normalized spacial score (nSPS) is 13.9. The third-order valence-electron chi connectivity index (χ3n) is 5.43. The highest BCUT2D eigenvalue weighted by Crippen LogP contribution is 2.38. The summed E-state index contributed by atoms with van der Waals surface area (Å²) in [6, 6.07) is 9.49. The first-order chi connectivity index (χ1) is 17.7. The van der Waals surface area contributed by atoms with Crippen molar-refractivity contribution in [1.29, 1.82) is 0 Å². The average Bonchev–Trinajstić information content (AvgIpc) is 3.66. The van der Waals surface area contributed by atoms with Crippen LogP contribution < -0.4 is 14.2 Å². The molecule has 0 N–H and O–H groups in total. The zero-order valence-electron chi connectivity index (χ0n) is 19.0. The lowest BCUT2D eigenvalue weighted by atomic mass is 10.0. The summed E-state index contributed by atoms with van der Waals surface area (Å²) < 4.78 is 55.6. The monoisotopic (exact) mass is 573 g/mol. The van der Waals surface area contributed by atoms with E-state index in [1.807, 2.05) is 0 Å². The van der Waals surface area contributed by atoms with E-state index < -0.39 is 23.8 Å². The summed E-state index contributed by atoms with van der Waals surface area (Å²) in [6.07, 6.45) is 3.15. The maximum Gasteiger partial charge on any atom is 0.387 e. The highest BCUT2D eigenvalue weighted by Gasteiger charge is 2.26. The van der Waals surface area contributed by atoms with Gasteiger partial charge in [-0.15, -0.1) is 0 Å². The van der Waals surface area contributed by atoms with Crippen LogP contribution in [-0.4, -0.2) is 18.5 Å². The van der Waals surface area contributed by atoms with E-state index in [4.69, 9.17) is 32.7 Å². The SMILES string of the molecule is O=C(OC(Cc1c(Cl)c[n+]([O-])cc1Cl)c1ccc(OC(F)F)c(OCC2CC2)c1)Sc1ccc(F)cc1. The second kappa shape index (κ2) is 12.1. The van der Waals surface area contributed by atoms with Crippen LogP contribution >= 0.6 is 35.0 Å². The van der Waals surface area contributed by atoms with Crippen molar-refractivity contribution in [3.8, 4) is 11.5 Å². The molecule has 1 atom stereocenters. The number of thioether (sulfide) groups is 1. The summed E-state index contributed by atoms with van der Waals surface area (Å²) in [4.78, 5) is 13.2. The molecule has 0 amide bonds. The Morgan fingerprint density at radius 3 is 2.38 bits per heavy atom. The molecule has 0 radical (unpaired) electrons. The number of benzene rings is 2. The Morgan fingerprint density at radius 1 is 1.08 bits per heavy atom. The third kappa shape index (κ3) is 7.83. The fraction of sp³-hybridized carbons (Fsp3) is 0.280. The van der Waals surface area contributed by atoms with Crippen molar-refractivity contribution >= 4 is 40.3 Å². The molecule has 4 rings (SSSR count). The molecule has 1 fully saturated rings. The zero-order chi connectivity index (χ0) is 26.5. The largest absolute Gasteiger partial charge is 0.619 e. The standard InChI is InChI=1S/C25H20Cl2F3NO5S/c26-19-11-31(33)12-20(27)18(19)10-22(36-25(32)37-17-6-4-16(28)5-7-17)15-3-8-21(35-24(29)30)23(9-15)34-13-14-1-2-14/h3-9,11-12,14,22,24H,1-2,10,13H2. The van der Waals surface area contributed by atoms with E-state index in [0.717, 1.165) is 37.0 Å². The second-order valence-electron chi connectivity index (χ2n) is 8.25. The van der Waals surface area contributed by atoms with Crippen molar-refractivity contribution in [2.75, 3.05) is 6.61 Å².